The highest BCUT2D eigenvalue weighted by atomic mass is 32.2. The van der Waals surface area contributed by atoms with Crippen molar-refractivity contribution in [3.05, 3.63) is 30.1 Å². The fourth-order valence-electron chi connectivity index (χ4n) is 4.07. The second-order valence-electron chi connectivity index (χ2n) is 7.80. The molecule has 3 rings (SSSR count). The van der Waals surface area contributed by atoms with Crippen LogP contribution in [0.1, 0.15) is 38.5 Å². The van der Waals surface area contributed by atoms with Crippen LogP contribution in [0.5, 0.6) is 0 Å². The summed E-state index contributed by atoms with van der Waals surface area (Å²) < 4.78 is 39.8. The number of carbonyl (C=O) groups excluding carboxylic acids is 1. The van der Waals surface area contributed by atoms with Gasteiger partial charge in [-0.05, 0) is 44.2 Å². The van der Waals surface area contributed by atoms with E-state index in [1.54, 1.807) is 4.90 Å². The summed E-state index contributed by atoms with van der Waals surface area (Å²) >= 11 is 0. The molecule has 1 saturated heterocycles. The lowest BCUT2D eigenvalue weighted by atomic mass is 10.1. The van der Waals surface area contributed by atoms with Crippen LogP contribution in [-0.2, 0) is 14.8 Å². The molecule has 1 aromatic rings. The average molecular weight is 412 g/mol. The van der Waals surface area contributed by atoms with Gasteiger partial charge in [0.15, 0.2) is 0 Å². The third-order valence-corrected chi connectivity index (χ3v) is 7.79. The highest BCUT2D eigenvalue weighted by molar-refractivity contribution is 7.89. The molecule has 6 nitrogen and oxygen atoms in total. The summed E-state index contributed by atoms with van der Waals surface area (Å²) in [6.07, 6.45) is 7.30. The molecule has 1 saturated carbocycles. The van der Waals surface area contributed by atoms with E-state index in [9.17, 15) is 17.6 Å². The van der Waals surface area contributed by atoms with Gasteiger partial charge < -0.3 is 4.90 Å². The molecular formula is C20H30FN3O3S. The number of benzene rings is 1. The van der Waals surface area contributed by atoms with Crippen LogP contribution in [-0.4, -0.2) is 74.2 Å². The van der Waals surface area contributed by atoms with Crippen molar-refractivity contribution in [2.24, 2.45) is 0 Å². The molecule has 0 unspecified atom stereocenters. The smallest absolute Gasteiger partial charge is 0.243 e. The maximum atomic E-state index is 13.1. The van der Waals surface area contributed by atoms with Crippen molar-refractivity contribution in [3.63, 3.8) is 0 Å². The van der Waals surface area contributed by atoms with Crippen molar-refractivity contribution in [3.8, 4) is 0 Å². The largest absolute Gasteiger partial charge is 0.339 e. The Balaban J connectivity index is 1.52. The van der Waals surface area contributed by atoms with Crippen LogP contribution in [0.3, 0.4) is 0 Å². The van der Waals surface area contributed by atoms with Crippen molar-refractivity contribution in [1.29, 1.82) is 0 Å². The molecule has 2 fully saturated rings. The predicted octanol–water partition coefficient (Wildman–Crippen LogP) is 2.31. The van der Waals surface area contributed by atoms with Gasteiger partial charge in [-0.2, -0.15) is 4.31 Å². The zero-order valence-corrected chi connectivity index (χ0v) is 17.3. The summed E-state index contributed by atoms with van der Waals surface area (Å²) in [5, 5.41) is 0. The fraction of sp³-hybridized carbons (Fsp3) is 0.650. The first-order valence-electron chi connectivity index (χ1n) is 10.1. The molecule has 156 valence electrons. The lowest BCUT2D eigenvalue weighted by molar-refractivity contribution is -0.133. The van der Waals surface area contributed by atoms with Crippen LogP contribution in [0, 0.1) is 5.82 Å². The van der Waals surface area contributed by atoms with Gasteiger partial charge in [0.05, 0.1) is 11.4 Å². The van der Waals surface area contributed by atoms with Gasteiger partial charge in [-0.1, -0.05) is 25.7 Å². The molecule has 1 amide bonds. The maximum Gasteiger partial charge on any atom is 0.243 e. The number of carbonyl (C=O) groups is 1. The minimum absolute atomic E-state index is 0.0607. The Morgan fingerprint density at radius 2 is 1.61 bits per heavy atom. The number of halogens is 1. The molecule has 1 aromatic carbocycles. The van der Waals surface area contributed by atoms with Crippen molar-refractivity contribution in [1.82, 2.24) is 14.1 Å². The summed E-state index contributed by atoms with van der Waals surface area (Å²) in [5.74, 6) is -0.405. The third kappa shape index (κ3) is 5.10. The van der Waals surface area contributed by atoms with E-state index in [0.29, 0.717) is 25.7 Å². The molecule has 0 N–H and O–H groups in total. The van der Waals surface area contributed by atoms with Gasteiger partial charge in [-0.3, -0.25) is 9.69 Å². The molecule has 1 aliphatic heterocycles. The normalized spacial score (nSPS) is 20.3. The van der Waals surface area contributed by atoms with Gasteiger partial charge in [0.2, 0.25) is 15.9 Å². The zero-order valence-electron chi connectivity index (χ0n) is 16.5. The number of likely N-dealkylation sites (N-methyl/N-ethyl adjacent to an activating group) is 1. The molecule has 0 bridgehead atoms. The van der Waals surface area contributed by atoms with Crippen LogP contribution < -0.4 is 0 Å². The van der Waals surface area contributed by atoms with Crippen molar-refractivity contribution >= 4 is 15.9 Å². The highest BCUT2D eigenvalue weighted by Gasteiger charge is 2.31. The van der Waals surface area contributed by atoms with Crippen molar-refractivity contribution in [2.45, 2.75) is 49.5 Å². The summed E-state index contributed by atoms with van der Waals surface area (Å²) in [6, 6.07) is 5.33. The van der Waals surface area contributed by atoms with E-state index in [1.807, 2.05) is 7.05 Å². The lowest BCUT2D eigenvalue weighted by Crippen LogP contribution is -2.52. The van der Waals surface area contributed by atoms with E-state index in [1.165, 1.54) is 42.1 Å². The van der Waals surface area contributed by atoms with Gasteiger partial charge >= 0.3 is 0 Å². The Labute approximate surface area is 167 Å². The van der Waals surface area contributed by atoms with E-state index in [0.717, 1.165) is 25.0 Å². The van der Waals surface area contributed by atoms with Gasteiger partial charge in [-0.25, -0.2) is 12.8 Å². The SMILES string of the molecule is CN(CC(=O)N1CCN(S(=O)(=O)c2ccc(F)cc2)CC1)C1CCCCCC1. The Morgan fingerprint density at radius 1 is 1.04 bits per heavy atom. The summed E-state index contributed by atoms with van der Waals surface area (Å²) in [6.45, 7) is 1.68. The molecular weight excluding hydrogens is 381 g/mol. The first-order valence-corrected chi connectivity index (χ1v) is 11.6. The molecule has 0 atom stereocenters. The van der Waals surface area contributed by atoms with Crippen LogP contribution in [0.2, 0.25) is 0 Å². The summed E-state index contributed by atoms with van der Waals surface area (Å²) in [4.78, 5) is 16.7. The van der Waals surface area contributed by atoms with Gasteiger partial charge in [0.25, 0.3) is 0 Å². The lowest BCUT2D eigenvalue weighted by Gasteiger charge is -2.35. The molecule has 1 aliphatic carbocycles. The predicted molar refractivity (Wildman–Crippen MR) is 106 cm³/mol. The standard InChI is InChI=1S/C20H30FN3O3S/c1-22(18-6-4-2-3-5-7-18)16-20(25)23-12-14-24(15-13-23)28(26,27)19-10-8-17(21)9-11-19/h8-11,18H,2-7,12-16H2,1H3. The van der Waals surface area contributed by atoms with Crippen molar-refractivity contribution in [2.75, 3.05) is 39.8 Å². The summed E-state index contributed by atoms with van der Waals surface area (Å²) in [7, 11) is -1.64. The van der Waals surface area contributed by atoms with E-state index in [2.05, 4.69) is 4.90 Å². The Bertz CT molecular complexity index is 753. The topological polar surface area (TPSA) is 60.9 Å². The molecule has 0 aromatic heterocycles. The Morgan fingerprint density at radius 3 is 2.18 bits per heavy atom. The third-order valence-electron chi connectivity index (χ3n) is 5.88. The first kappa shape index (κ1) is 21.2. The number of hydrogen-bond donors (Lipinski definition) is 0. The number of amides is 1. The number of nitrogens with zero attached hydrogens (tertiary/aromatic N) is 3. The second kappa shape index (κ2) is 9.33. The minimum Gasteiger partial charge on any atom is -0.339 e. The molecule has 8 heteroatoms. The van der Waals surface area contributed by atoms with E-state index >= 15 is 0 Å². The fourth-order valence-corrected chi connectivity index (χ4v) is 5.50. The Hall–Kier alpha value is -1.51. The highest BCUT2D eigenvalue weighted by Crippen LogP contribution is 2.22. The molecule has 0 spiro atoms. The molecule has 1 heterocycles. The minimum atomic E-state index is -3.65. The molecule has 0 radical (unpaired) electrons. The number of piperazine rings is 1. The van der Waals surface area contributed by atoms with Crippen molar-refractivity contribution < 1.29 is 17.6 Å². The first-order chi connectivity index (χ1) is 13.4. The number of hydrogen-bond acceptors (Lipinski definition) is 4. The number of rotatable bonds is 5. The second-order valence-corrected chi connectivity index (χ2v) is 9.74. The van der Waals surface area contributed by atoms with E-state index in [-0.39, 0.29) is 23.9 Å². The van der Waals surface area contributed by atoms with Gasteiger partial charge in [0, 0.05) is 32.2 Å². The summed E-state index contributed by atoms with van der Waals surface area (Å²) in [5.41, 5.74) is 0. The Kier molecular flexibility index (Phi) is 7.06. The quantitative estimate of drug-likeness (QED) is 0.698. The van der Waals surface area contributed by atoms with Crippen LogP contribution >= 0.6 is 0 Å². The van der Waals surface area contributed by atoms with E-state index < -0.39 is 15.8 Å². The number of sulfonamides is 1. The zero-order chi connectivity index (χ0) is 20.1. The van der Waals surface area contributed by atoms with E-state index in [4.69, 9.17) is 0 Å². The van der Waals surface area contributed by atoms with Crippen LogP contribution in [0.15, 0.2) is 29.2 Å². The van der Waals surface area contributed by atoms with Gasteiger partial charge in [0.1, 0.15) is 5.82 Å². The average Bonchev–Trinajstić information content (AvgIpc) is 2.98. The maximum absolute atomic E-state index is 13.1. The van der Waals surface area contributed by atoms with Crippen LogP contribution in [0.4, 0.5) is 4.39 Å². The van der Waals surface area contributed by atoms with Gasteiger partial charge in [-0.15, -0.1) is 0 Å². The molecule has 28 heavy (non-hydrogen) atoms. The molecule has 2 aliphatic rings. The monoisotopic (exact) mass is 411 g/mol. The van der Waals surface area contributed by atoms with Crippen LogP contribution in [0.25, 0.3) is 0 Å².